The molecule has 0 spiro atoms. The number of benzene rings is 3. The van der Waals surface area contributed by atoms with Gasteiger partial charge in [-0.15, -0.1) is 0 Å². The number of carbonyl (C=O) groups is 1. The molecule has 0 saturated carbocycles. The van der Waals surface area contributed by atoms with Crippen LogP contribution in [0.5, 0.6) is 11.5 Å². The first kappa shape index (κ1) is 20.1. The quantitative estimate of drug-likeness (QED) is 0.333. The van der Waals surface area contributed by atoms with Crippen LogP contribution in [-0.4, -0.2) is 26.8 Å². The molecule has 0 aliphatic carbocycles. The summed E-state index contributed by atoms with van der Waals surface area (Å²) in [6, 6.07) is 21.4. The van der Waals surface area contributed by atoms with Crippen LogP contribution in [0.1, 0.15) is 28.4 Å². The number of phenols is 2. The Kier molecular flexibility index (Phi) is 5.37. The van der Waals surface area contributed by atoms with Crippen molar-refractivity contribution < 1.29 is 15.0 Å². The summed E-state index contributed by atoms with van der Waals surface area (Å²) in [5, 5.41) is 24.3. The van der Waals surface area contributed by atoms with Gasteiger partial charge in [0, 0.05) is 22.6 Å². The molecule has 1 amide bonds. The van der Waals surface area contributed by atoms with Crippen LogP contribution in [0.4, 0.5) is 0 Å². The highest BCUT2D eigenvalue weighted by atomic mass is 16.3. The Hall–Kier alpha value is -4.19. The van der Waals surface area contributed by atoms with Crippen molar-refractivity contribution in [1.82, 2.24) is 10.4 Å². The molecule has 3 N–H and O–H groups in total. The molecule has 0 bridgehead atoms. The van der Waals surface area contributed by atoms with E-state index < -0.39 is 0 Å². The van der Waals surface area contributed by atoms with E-state index in [1.54, 1.807) is 13.0 Å². The smallest absolute Gasteiger partial charge is 0.272 e. The molecule has 31 heavy (non-hydrogen) atoms. The molecular weight excluding hydrogens is 390 g/mol. The maximum atomic E-state index is 13.0. The van der Waals surface area contributed by atoms with E-state index in [4.69, 9.17) is 4.98 Å². The number of para-hydroxylation sites is 1. The van der Waals surface area contributed by atoms with Crippen molar-refractivity contribution in [1.29, 1.82) is 0 Å². The Morgan fingerprint density at radius 2 is 1.74 bits per heavy atom. The number of nitrogens with zero attached hydrogens (tertiary/aromatic N) is 2. The van der Waals surface area contributed by atoms with Crippen molar-refractivity contribution in [2.75, 3.05) is 0 Å². The number of hydrogen-bond acceptors (Lipinski definition) is 5. The SMILES string of the molecule is C/C(=N/NC(=O)c1cc(-c2cccc(C)c2)nc2ccccc12)c1ccc(O)cc1O. The van der Waals surface area contributed by atoms with E-state index in [0.717, 1.165) is 16.5 Å². The Morgan fingerprint density at radius 1 is 0.935 bits per heavy atom. The molecule has 0 fully saturated rings. The number of carbonyl (C=O) groups excluding carboxylic acids is 1. The summed E-state index contributed by atoms with van der Waals surface area (Å²) in [6.07, 6.45) is 0. The maximum absolute atomic E-state index is 13.0. The molecule has 0 radical (unpaired) electrons. The van der Waals surface area contributed by atoms with Gasteiger partial charge in [0.05, 0.1) is 22.5 Å². The third kappa shape index (κ3) is 4.23. The first-order chi connectivity index (χ1) is 14.9. The van der Waals surface area contributed by atoms with Crippen molar-refractivity contribution in [3.05, 3.63) is 89.5 Å². The summed E-state index contributed by atoms with van der Waals surface area (Å²) < 4.78 is 0. The molecule has 0 unspecified atom stereocenters. The number of pyridine rings is 1. The second-order valence-electron chi connectivity index (χ2n) is 7.28. The fourth-order valence-corrected chi connectivity index (χ4v) is 3.40. The van der Waals surface area contributed by atoms with E-state index in [-0.39, 0.29) is 17.4 Å². The summed E-state index contributed by atoms with van der Waals surface area (Å²) in [5.74, 6) is -0.554. The van der Waals surface area contributed by atoms with Crippen LogP contribution in [-0.2, 0) is 0 Å². The molecule has 3 aromatic carbocycles. The van der Waals surface area contributed by atoms with Gasteiger partial charge in [0.1, 0.15) is 11.5 Å². The zero-order valence-corrected chi connectivity index (χ0v) is 17.1. The highest BCUT2D eigenvalue weighted by Gasteiger charge is 2.14. The third-order valence-electron chi connectivity index (χ3n) is 4.97. The molecule has 0 atom stereocenters. The zero-order chi connectivity index (χ0) is 22.0. The number of hydrogen-bond donors (Lipinski definition) is 3. The van der Waals surface area contributed by atoms with E-state index in [0.29, 0.717) is 28.0 Å². The van der Waals surface area contributed by atoms with Crippen LogP contribution < -0.4 is 5.43 Å². The molecule has 6 heteroatoms. The molecule has 1 aromatic heterocycles. The fraction of sp³-hybridized carbons (Fsp3) is 0.0800. The molecule has 4 aromatic rings. The summed E-state index contributed by atoms with van der Waals surface area (Å²) in [4.78, 5) is 17.8. The van der Waals surface area contributed by atoms with Crippen molar-refractivity contribution in [3.8, 4) is 22.8 Å². The van der Waals surface area contributed by atoms with E-state index >= 15 is 0 Å². The van der Waals surface area contributed by atoms with E-state index in [2.05, 4.69) is 10.5 Å². The number of phenolic OH excluding ortho intramolecular Hbond substituents is 2. The number of amides is 1. The number of aryl methyl sites for hydroxylation is 1. The number of hydrazone groups is 1. The lowest BCUT2D eigenvalue weighted by atomic mass is 10.0. The first-order valence-electron chi connectivity index (χ1n) is 9.76. The maximum Gasteiger partial charge on any atom is 0.272 e. The monoisotopic (exact) mass is 411 g/mol. The van der Waals surface area contributed by atoms with E-state index in [9.17, 15) is 15.0 Å². The predicted molar refractivity (Wildman–Crippen MR) is 121 cm³/mol. The summed E-state index contributed by atoms with van der Waals surface area (Å²) in [7, 11) is 0. The van der Waals surface area contributed by atoms with Gasteiger partial charge in [0.15, 0.2) is 0 Å². The van der Waals surface area contributed by atoms with Crippen LogP contribution in [0.2, 0.25) is 0 Å². The van der Waals surface area contributed by atoms with Crippen molar-refractivity contribution in [2.45, 2.75) is 13.8 Å². The van der Waals surface area contributed by atoms with Gasteiger partial charge in [-0.05, 0) is 44.2 Å². The van der Waals surface area contributed by atoms with Crippen molar-refractivity contribution in [3.63, 3.8) is 0 Å². The van der Waals surface area contributed by atoms with Crippen LogP contribution in [0.15, 0.2) is 77.9 Å². The predicted octanol–water partition coefficient (Wildman–Crippen LogP) is 4.78. The summed E-state index contributed by atoms with van der Waals surface area (Å²) in [5.41, 5.74) is 7.28. The number of aromatic hydroxyl groups is 2. The van der Waals surface area contributed by atoms with E-state index in [1.807, 2.05) is 55.5 Å². The Labute approximate surface area is 179 Å². The van der Waals surface area contributed by atoms with Crippen LogP contribution in [0, 0.1) is 6.92 Å². The van der Waals surface area contributed by atoms with Crippen LogP contribution in [0.25, 0.3) is 22.2 Å². The Balaban J connectivity index is 1.71. The molecule has 0 saturated heterocycles. The average molecular weight is 411 g/mol. The van der Waals surface area contributed by atoms with Crippen LogP contribution in [0.3, 0.4) is 0 Å². The minimum absolute atomic E-state index is 0.0509. The first-order valence-corrected chi connectivity index (χ1v) is 9.76. The Morgan fingerprint density at radius 3 is 2.52 bits per heavy atom. The Bertz CT molecular complexity index is 1330. The second kappa shape index (κ2) is 8.28. The highest BCUT2D eigenvalue weighted by molar-refractivity contribution is 6.08. The summed E-state index contributed by atoms with van der Waals surface area (Å²) >= 11 is 0. The normalized spacial score (nSPS) is 11.5. The highest BCUT2D eigenvalue weighted by Crippen LogP contribution is 2.26. The van der Waals surface area contributed by atoms with Gasteiger partial charge >= 0.3 is 0 Å². The molecule has 154 valence electrons. The number of rotatable bonds is 4. The second-order valence-corrected chi connectivity index (χ2v) is 7.28. The standard InChI is InChI=1S/C25H21N3O3/c1-15-6-5-7-17(12-15)23-14-21(20-8-3-4-9-22(20)26-23)25(31)28-27-16(2)19-11-10-18(29)13-24(19)30/h3-14,29-30H,1-2H3,(H,28,31)/b27-16-. The lowest BCUT2D eigenvalue weighted by molar-refractivity contribution is 0.0956. The number of fused-ring (bicyclic) bond motifs is 1. The zero-order valence-electron chi connectivity index (χ0n) is 17.1. The minimum atomic E-state index is -0.384. The van der Waals surface area contributed by atoms with Gasteiger partial charge in [-0.25, -0.2) is 10.4 Å². The lowest BCUT2D eigenvalue weighted by Crippen LogP contribution is -2.20. The molecular formula is C25H21N3O3. The minimum Gasteiger partial charge on any atom is -0.508 e. The lowest BCUT2D eigenvalue weighted by Gasteiger charge is -2.10. The largest absolute Gasteiger partial charge is 0.508 e. The molecule has 0 aliphatic heterocycles. The van der Waals surface area contributed by atoms with Gasteiger partial charge < -0.3 is 10.2 Å². The van der Waals surface area contributed by atoms with Crippen molar-refractivity contribution in [2.24, 2.45) is 5.10 Å². The average Bonchev–Trinajstić information content (AvgIpc) is 2.76. The van der Waals surface area contributed by atoms with Crippen molar-refractivity contribution >= 4 is 22.5 Å². The topological polar surface area (TPSA) is 94.8 Å². The van der Waals surface area contributed by atoms with Gasteiger partial charge in [-0.1, -0.05) is 42.0 Å². The van der Waals surface area contributed by atoms with Gasteiger partial charge in [-0.3, -0.25) is 4.79 Å². The number of aromatic nitrogens is 1. The number of nitrogens with one attached hydrogen (secondary N) is 1. The van der Waals surface area contributed by atoms with Crippen LogP contribution >= 0.6 is 0 Å². The van der Waals surface area contributed by atoms with Gasteiger partial charge in [0.2, 0.25) is 0 Å². The third-order valence-corrected chi connectivity index (χ3v) is 4.97. The molecule has 0 aliphatic rings. The van der Waals surface area contributed by atoms with Gasteiger partial charge in [0.25, 0.3) is 5.91 Å². The molecule has 4 rings (SSSR count). The summed E-state index contributed by atoms with van der Waals surface area (Å²) in [6.45, 7) is 3.67. The molecule has 6 nitrogen and oxygen atoms in total. The van der Waals surface area contributed by atoms with Gasteiger partial charge in [-0.2, -0.15) is 5.10 Å². The van der Waals surface area contributed by atoms with E-state index in [1.165, 1.54) is 18.2 Å². The molecule has 1 heterocycles. The fourth-order valence-electron chi connectivity index (χ4n) is 3.40.